The maximum absolute atomic E-state index is 12.6. The van der Waals surface area contributed by atoms with E-state index in [1.165, 1.54) is 0 Å². The van der Waals surface area contributed by atoms with E-state index >= 15 is 0 Å². The maximum atomic E-state index is 12.6. The molecule has 2 aromatic rings. The topological polar surface area (TPSA) is 71.5 Å². The van der Waals surface area contributed by atoms with Gasteiger partial charge in [-0.3, -0.25) is 9.78 Å². The van der Waals surface area contributed by atoms with Crippen LogP contribution in [0, 0.1) is 0 Å². The van der Waals surface area contributed by atoms with Gasteiger partial charge in [-0.05, 0) is 24.3 Å². The smallest absolute Gasteiger partial charge is 0.271 e. The molecular formula is C16H18N2O3. The zero-order valence-corrected chi connectivity index (χ0v) is 11.7. The Morgan fingerprint density at radius 3 is 2.81 bits per heavy atom. The highest BCUT2D eigenvalue weighted by molar-refractivity contribution is 6.05. The summed E-state index contributed by atoms with van der Waals surface area (Å²) >= 11 is 0. The number of pyridine rings is 1. The summed E-state index contributed by atoms with van der Waals surface area (Å²) in [7, 11) is 0. The molecule has 0 aliphatic carbocycles. The zero-order chi connectivity index (χ0) is 14.7. The number of amides is 1. The van der Waals surface area contributed by atoms with E-state index in [2.05, 4.69) is 10.3 Å². The van der Waals surface area contributed by atoms with Gasteiger partial charge in [0, 0.05) is 24.8 Å². The number of hydrogen-bond acceptors (Lipinski definition) is 4. The summed E-state index contributed by atoms with van der Waals surface area (Å²) in [5.74, 6) is -0.247. The molecule has 0 radical (unpaired) electrons. The van der Waals surface area contributed by atoms with Crippen LogP contribution in [0.3, 0.4) is 0 Å². The third kappa shape index (κ3) is 2.75. The summed E-state index contributed by atoms with van der Waals surface area (Å²) in [5.41, 5.74) is -0.207. The Balaban J connectivity index is 1.90. The molecule has 0 atom stereocenters. The molecule has 1 aliphatic rings. The van der Waals surface area contributed by atoms with Crippen molar-refractivity contribution in [3.63, 3.8) is 0 Å². The van der Waals surface area contributed by atoms with Crippen molar-refractivity contribution in [1.82, 2.24) is 10.3 Å². The van der Waals surface area contributed by atoms with Gasteiger partial charge in [-0.15, -0.1) is 0 Å². The number of fused-ring (bicyclic) bond motifs is 1. The fraction of sp³-hybridized carbons (Fsp3) is 0.375. The Labute approximate surface area is 123 Å². The van der Waals surface area contributed by atoms with Crippen LogP contribution >= 0.6 is 0 Å². The number of nitrogens with one attached hydrogen (secondary N) is 1. The monoisotopic (exact) mass is 286 g/mol. The van der Waals surface area contributed by atoms with E-state index in [-0.39, 0.29) is 12.5 Å². The molecule has 0 bridgehead atoms. The van der Waals surface area contributed by atoms with Gasteiger partial charge in [0.05, 0.1) is 12.1 Å². The highest BCUT2D eigenvalue weighted by atomic mass is 16.5. The van der Waals surface area contributed by atoms with Crippen LogP contribution in [-0.2, 0) is 4.74 Å². The highest BCUT2D eigenvalue weighted by Crippen LogP contribution is 2.22. The van der Waals surface area contributed by atoms with Gasteiger partial charge in [0.2, 0.25) is 0 Å². The number of ether oxygens (including phenoxy) is 1. The molecule has 1 aromatic carbocycles. The molecule has 5 heteroatoms. The molecule has 110 valence electrons. The number of benzene rings is 1. The second-order valence-electron chi connectivity index (χ2n) is 5.39. The lowest BCUT2D eigenvalue weighted by atomic mass is 9.90. The summed E-state index contributed by atoms with van der Waals surface area (Å²) < 4.78 is 5.31. The predicted molar refractivity (Wildman–Crippen MR) is 79.1 cm³/mol. The lowest BCUT2D eigenvalue weighted by molar-refractivity contribution is 0.0125. The third-order valence-electron chi connectivity index (χ3n) is 4.02. The number of aliphatic hydroxyl groups is 1. The minimum absolute atomic E-state index is 0.0904. The number of carbonyl (C=O) groups is 1. The first-order valence-electron chi connectivity index (χ1n) is 7.09. The van der Waals surface area contributed by atoms with Crippen molar-refractivity contribution in [2.24, 2.45) is 0 Å². The van der Waals surface area contributed by atoms with Crippen LogP contribution in [0.5, 0.6) is 0 Å². The lowest BCUT2D eigenvalue weighted by Crippen LogP contribution is -2.54. The average molecular weight is 286 g/mol. The fourth-order valence-corrected chi connectivity index (χ4v) is 2.69. The number of carbonyl (C=O) groups excluding carboxylic acids is 1. The first-order chi connectivity index (χ1) is 10.2. The van der Waals surface area contributed by atoms with Gasteiger partial charge in [0.25, 0.3) is 5.91 Å². The molecule has 21 heavy (non-hydrogen) atoms. The molecule has 2 N–H and O–H groups in total. The second kappa shape index (κ2) is 5.79. The van der Waals surface area contributed by atoms with E-state index in [4.69, 9.17) is 4.74 Å². The summed E-state index contributed by atoms with van der Waals surface area (Å²) in [6.45, 7) is 1.00. The summed E-state index contributed by atoms with van der Waals surface area (Å²) in [5, 5.41) is 14.4. The fourth-order valence-electron chi connectivity index (χ4n) is 2.69. The second-order valence-corrected chi connectivity index (χ2v) is 5.39. The normalized spacial score (nSPS) is 17.6. The molecule has 1 aliphatic heterocycles. The third-order valence-corrected chi connectivity index (χ3v) is 4.02. The molecule has 5 nitrogen and oxygen atoms in total. The van der Waals surface area contributed by atoms with Crippen LogP contribution < -0.4 is 5.32 Å². The Hall–Kier alpha value is -1.98. The van der Waals surface area contributed by atoms with Gasteiger partial charge in [0.1, 0.15) is 5.69 Å². The molecule has 1 saturated heterocycles. The summed E-state index contributed by atoms with van der Waals surface area (Å²) in [6.07, 6.45) is 2.85. The first-order valence-corrected chi connectivity index (χ1v) is 7.09. The predicted octanol–water partition coefficient (Wildman–Crippen LogP) is 1.51. The molecule has 0 unspecified atom stereocenters. The van der Waals surface area contributed by atoms with Gasteiger partial charge < -0.3 is 15.2 Å². The minimum atomic E-state index is -0.603. The minimum Gasteiger partial charge on any atom is -0.394 e. The van der Waals surface area contributed by atoms with Crippen LogP contribution in [-0.4, -0.2) is 41.4 Å². The molecule has 1 amide bonds. The number of nitrogens with zero attached hydrogens (tertiary/aromatic N) is 1. The molecule has 2 heterocycles. The van der Waals surface area contributed by atoms with Gasteiger partial charge in [-0.2, -0.15) is 0 Å². The van der Waals surface area contributed by atoms with Crippen molar-refractivity contribution in [1.29, 1.82) is 0 Å². The van der Waals surface area contributed by atoms with Crippen LogP contribution in [0.25, 0.3) is 10.8 Å². The van der Waals surface area contributed by atoms with E-state index in [0.29, 0.717) is 31.7 Å². The molecule has 1 aromatic heterocycles. The van der Waals surface area contributed by atoms with Crippen molar-refractivity contribution in [3.05, 3.63) is 42.2 Å². The van der Waals surface area contributed by atoms with Crippen molar-refractivity contribution < 1.29 is 14.6 Å². The van der Waals surface area contributed by atoms with Crippen molar-refractivity contribution in [2.75, 3.05) is 19.8 Å². The lowest BCUT2D eigenvalue weighted by Gasteiger charge is -2.36. The molecule has 0 saturated carbocycles. The van der Waals surface area contributed by atoms with Crippen LogP contribution in [0.4, 0.5) is 0 Å². The van der Waals surface area contributed by atoms with Crippen molar-refractivity contribution >= 4 is 16.7 Å². The van der Waals surface area contributed by atoms with E-state index in [1.54, 1.807) is 6.20 Å². The van der Waals surface area contributed by atoms with E-state index in [0.717, 1.165) is 10.8 Å². The van der Waals surface area contributed by atoms with E-state index in [1.807, 2.05) is 30.3 Å². The van der Waals surface area contributed by atoms with Crippen molar-refractivity contribution in [2.45, 2.75) is 18.4 Å². The summed E-state index contributed by atoms with van der Waals surface area (Å²) in [4.78, 5) is 16.8. The van der Waals surface area contributed by atoms with Gasteiger partial charge in [-0.25, -0.2) is 0 Å². The van der Waals surface area contributed by atoms with Gasteiger partial charge >= 0.3 is 0 Å². The number of aliphatic hydroxyl groups excluding tert-OH is 1. The molecule has 1 fully saturated rings. The first kappa shape index (κ1) is 14.0. The molecule has 0 spiro atoms. The van der Waals surface area contributed by atoms with Crippen LogP contribution in [0.15, 0.2) is 36.5 Å². The molecule has 3 rings (SSSR count). The van der Waals surface area contributed by atoms with Crippen LogP contribution in [0.2, 0.25) is 0 Å². The SMILES string of the molecule is O=C(NC1(CO)CCOCC1)c1nccc2ccccc12. The number of rotatable bonds is 3. The zero-order valence-electron chi connectivity index (χ0n) is 11.7. The van der Waals surface area contributed by atoms with E-state index in [9.17, 15) is 9.90 Å². The number of hydrogen-bond donors (Lipinski definition) is 2. The van der Waals surface area contributed by atoms with Gasteiger partial charge in [0.15, 0.2) is 0 Å². The maximum Gasteiger partial charge on any atom is 0.271 e. The Kier molecular flexibility index (Phi) is 3.86. The highest BCUT2D eigenvalue weighted by Gasteiger charge is 2.34. The van der Waals surface area contributed by atoms with Crippen LogP contribution in [0.1, 0.15) is 23.3 Å². The van der Waals surface area contributed by atoms with E-state index < -0.39 is 5.54 Å². The quantitative estimate of drug-likeness (QED) is 0.897. The average Bonchev–Trinajstić information content (AvgIpc) is 2.55. The Morgan fingerprint density at radius 1 is 1.29 bits per heavy atom. The standard InChI is InChI=1S/C16H18N2O3/c19-11-16(6-9-21-10-7-16)18-15(20)14-13-4-2-1-3-12(13)5-8-17-14/h1-5,8,19H,6-7,9-11H2,(H,18,20). The Bertz CT molecular complexity index is 646. The van der Waals surface area contributed by atoms with Gasteiger partial charge in [-0.1, -0.05) is 24.3 Å². The van der Waals surface area contributed by atoms with Crippen molar-refractivity contribution in [3.8, 4) is 0 Å². The largest absolute Gasteiger partial charge is 0.394 e. The number of aromatic nitrogens is 1. The summed E-state index contributed by atoms with van der Waals surface area (Å²) in [6, 6.07) is 9.52. The molecular weight excluding hydrogens is 268 g/mol. The Morgan fingerprint density at radius 2 is 2.05 bits per heavy atom.